The summed E-state index contributed by atoms with van der Waals surface area (Å²) in [7, 11) is 0. The highest BCUT2D eigenvalue weighted by atomic mass is 32.2. The number of phenols is 1. The summed E-state index contributed by atoms with van der Waals surface area (Å²) in [6.07, 6.45) is 1.48. The van der Waals surface area contributed by atoms with E-state index in [1.54, 1.807) is 6.07 Å². The lowest BCUT2D eigenvalue weighted by atomic mass is 10.0. The molecular formula is C20H18N2O2S. The fraction of sp³-hybridized carbons (Fsp3) is 0.100. The molecule has 4 nitrogen and oxygen atoms in total. The number of carbonyl (C=O) groups excluding carboxylic acids is 1. The molecule has 0 heterocycles. The van der Waals surface area contributed by atoms with Gasteiger partial charge in [0.25, 0.3) is 5.91 Å². The molecule has 0 aliphatic carbocycles. The zero-order valence-corrected chi connectivity index (χ0v) is 14.5. The minimum atomic E-state index is -0.277. The minimum absolute atomic E-state index is 0.128. The Labute approximate surface area is 150 Å². The zero-order valence-electron chi connectivity index (χ0n) is 13.7. The molecule has 1 amide bonds. The number of carbonyl (C=O) groups is 1. The molecule has 1 unspecified atom stereocenters. The second kappa shape index (κ2) is 7.85. The topological polar surface area (TPSA) is 61.7 Å². The molecule has 0 saturated carbocycles. The zero-order chi connectivity index (χ0) is 17.6. The van der Waals surface area contributed by atoms with E-state index in [-0.39, 0.29) is 16.9 Å². The standard InChI is InChI=1S/C20H18N2O2S/c1-14(25-16-8-3-2-4-9-16)20(24)22-21-13-18-17-10-6-5-7-15(17)11-12-19(18)23/h2-14,23H,1H3,(H,22,24). The number of hydrazone groups is 1. The number of nitrogens with one attached hydrogen (secondary N) is 1. The number of amides is 1. The lowest BCUT2D eigenvalue weighted by Crippen LogP contribution is -2.26. The highest BCUT2D eigenvalue weighted by Gasteiger charge is 2.13. The van der Waals surface area contributed by atoms with Crippen molar-refractivity contribution in [3.63, 3.8) is 0 Å². The second-order valence-electron chi connectivity index (χ2n) is 5.53. The van der Waals surface area contributed by atoms with Crippen LogP contribution in [0.15, 0.2) is 76.7 Å². The first-order chi connectivity index (χ1) is 12.1. The summed E-state index contributed by atoms with van der Waals surface area (Å²) in [6, 6.07) is 20.9. The van der Waals surface area contributed by atoms with Gasteiger partial charge >= 0.3 is 0 Å². The molecule has 3 aromatic carbocycles. The van der Waals surface area contributed by atoms with Crippen LogP contribution in [0, 0.1) is 0 Å². The number of hydrogen-bond acceptors (Lipinski definition) is 4. The van der Waals surface area contributed by atoms with E-state index in [1.807, 2.05) is 67.6 Å². The van der Waals surface area contributed by atoms with Crippen LogP contribution in [0.25, 0.3) is 10.8 Å². The summed E-state index contributed by atoms with van der Waals surface area (Å²) < 4.78 is 0. The highest BCUT2D eigenvalue weighted by Crippen LogP contribution is 2.25. The first-order valence-corrected chi connectivity index (χ1v) is 8.78. The van der Waals surface area contributed by atoms with E-state index in [0.29, 0.717) is 5.56 Å². The molecule has 126 valence electrons. The van der Waals surface area contributed by atoms with Gasteiger partial charge in [-0.25, -0.2) is 5.43 Å². The normalized spacial score (nSPS) is 12.4. The van der Waals surface area contributed by atoms with E-state index in [2.05, 4.69) is 10.5 Å². The number of fused-ring (bicyclic) bond motifs is 1. The quantitative estimate of drug-likeness (QED) is 0.412. The SMILES string of the molecule is CC(Sc1ccccc1)C(=O)NN=Cc1c(O)ccc2ccccc12. The van der Waals surface area contributed by atoms with Crippen LogP contribution in [0.3, 0.4) is 0 Å². The third-order valence-corrected chi connectivity index (χ3v) is 4.85. The molecule has 5 heteroatoms. The lowest BCUT2D eigenvalue weighted by Gasteiger charge is -2.09. The number of thioether (sulfide) groups is 1. The molecule has 0 fully saturated rings. The summed E-state index contributed by atoms with van der Waals surface area (Å²) in [5.74, 6) is -0.0618. The van der Waals surface area contributed by atoms with Crippen molar-refractivity contribution in [2.45, 2.75) is 17.1 Å². The Balaban J connectivity index is 1.69. The fourth-order valence-corrected chi connectivity index (χ4v) is 3.31. The van der Waals surface area contributed by atoms with Crippen molar-refractivity contribution in [1.29, 1.82) is 0 Å². The smallest absolute Gasteiger partial charge is 0.253 e. The van der Waals surface area contributed by atoms with Crippen LogP contribution >= 0.6 is 11.8 Å². The lowest BCUT2D eigenvalue weighted by molar-refractivity contribution is -0.120. The van der Waals surface area contributed by atoms with Gasteiger partial charge in [-0.15, -0.1) is 11.8 Å². The number of hydrogen-bond donors (Lipinski definition) is 2. The summed E-state index contributed by atoms with van der Waals surface area (Å²) in [5.41, 5.74) is 3.13. The van der Waals surface area contributed by atoms with E-state index in [4.69, 9.17) is 0 Å². The van der Waals surface area contributed by atoms with E-state index in [0.717, 1.165) is 15.7 Å². The van der Waals surface area contributed by atoms with Crippen LogP contribution in [0.2, 0.25) is 0 Å². The van der Waals surface area contributed by atoms with Crippen LogP contribution in [-0.4, -0.2) is 22.5 Å². The molecule has 0 aliphatic heterocycles. The van der Waals surface area contributed by atoms with Gasteiger partial charge in [-0.2, -0.15) is 5.10 Å². The van der Waals surface area contributed by atoms with Gasteiger partial charge in [0, 0.05) is 10.5 Å². The summed E-state index contributed by atoms with van der Waals surface area (Å²) >= 11 is 1.47. The minimum Gasteiger partial charge on any atom is -0.507 e. The van der Waals surface area contributed by atoms with E-state index >= 15 is 0 Å². The molecule has 0 aromatic heterocycles. The Bertz CT molecular complexity index is 910. The van der Waals surface area contributed by atoms with Crippen molar-refractivity contribution in [3.8, 4) is 5.75 Å². The van der Waals surface area contributed by atoms with Crippen molar-refractivity contribution >= 4 is 34.7 Å². The molecule has 0 aliphatic rings. The molecule has 0 radical (unpaired) electrons. The van der Waals surface area contributed by atoms with E-state index in [9.17, 15) is 9.90 Å². The van der Waals surface area contributed by atoms with Gasteiger partial charge in [-0.1, -0.05) is 48.5 Å². The maximum atomic E-state index is 12.2. The molecule has 0 spiro atoms. The summed E-state index contributed by atoms with van der Waals surface area (Å²) in [4.78, 5) is 13.2. The Morgan fingerprint density at radius 1 is 1.08 bits per heavy atom. The predicted molar refractivity (Wildman–Crippen MR) is 103 cm³/mol. The van der Waals surface area contributed by atoms with Crippen molar-refractivity contribution in [1.82, 2.24) is 5.43 Å². The number of benzene rings is 3. The third-order valence-electron chi connectivity index (χ3n) is 3.74. The third kappa shape index (κ3) is 4.19. The van der Waals surface area contributed by atoms with Gasteiger partial charge in [0.05, 0.1) is 11.5 Å². The van der Waals surface area contributed by atoms with Crippen molar-refractivity contribution in [2.75, 3.05) is 0 Å². The summed E-state index contributed by atoms with van der Waals surface area (Å²) in [5, 5.41) is 15.7. The molecule has 3 rings (SSSR count). The number of phenolic OH excluding ortho intramolecular Hbond substituents is 1. The molecule has 0 saturated heterocycles. The summed E-state index contributed by atoms with van der Waals surface area (Å²) in [6.45, 7) is 1.83. The van der Waals surface area contributed by atoms with Crippen molar-refractivity contribution < 1.29 is 9.90 Å². The first-order valence-electron chi connectivity index (χ1n) is 7.90. The largest absolute Gasteiger partial charge is 0.507 e. The number of rotatable bonds is 5. The van der Waals surface area contributed by atoms with Crippen LogP contribution in [0.1, 0.15) is 12.5 Å². The average Bonchev–Trinajstić information content (AvgIpc) is 2.64. The Hall–Kier alpha value is -2.79. The van der Waals surface area contributed by atoms with Gasteiger partial charge in [-0.3, -0.25) is 4.79 Å². The number of nitrogens with zero attached hydrogens (tertiary/aromatic N) is 1. The fourth-order valence-electron chi connectivity index (χ4n) is 2.43. The Morgan fingerprint density at radius 2 is 1.80 bits per heavy atom. The first kappa shape index (κ1) is 17.0. The van der Waals surface area contributed by atoms with Crippen LogP contribution in [0.5, 0.6) is 5.75 Å². The molecule has 0 bridgehead atoms. The van der Waals surface area contributed by atoms with Gasteiger partial charge < -0.3 is 5.11 Å². The van der Waals surface area contributed by atoms with Crippen LogP contribution < -0.4 is 5.43 Å². The average molecular weight is 350 g/mol. The van der Waals surface area contributed by atoms with Crippen LogP contribution in [0.4, 0.5) is 0 Å². The van der Waals surface area contributed by atoms with Crippen LogP contribution in [-0.2, 0) is 4.79 Å². The molecule has 1 atom stereocenters. The monoisotopic (exact) mass is 350 g/mol. The number of aromatic hydroxyl groups is 1. The Kier molecular flexibility index (Phi) is 5.36. The van der Waals surface area contributed by atoms with Crippen molar-refractivity contribution in [3.05, 3.63) is 72.3 Å². The maximum absolute atomic E-state index is 12.2. The Morgan fingerprint density at radius 3 is 2.60 bits per heavy atom. The van der Waals surface area contributed by atoms with E-state index < -0.39 is 0 Å². The van der Waals surface area contributed by atoms with Gasteiger partial charge in [0.2, 0.25) is 0 Å². The molecular weight excluding hydrogens is 332 g/mol. The van der Waals surface area contributed by atoms with E-state index in [1.165, 1.54) is 18.0 Å². The van der Waals surface area contributed by atoms with Crippen molar-refractivity contribution in [2.24, 2.45) is 5.10 Å². The molecule has 25 heavy (non-hydrogen) atoms. The molecule has 2 N–H and O–H groups in total. The highest BCUT2D eigenvalue weighted by molar-refractivity contribution is 8.00. The predicted octanol–water partition coefficient (Wildman–Crippen LogP) is 4.18. The van der Waals surface area contributed by atoms with Gasteiger partial charge in [0.1, 0.15) is 5.75 Å². The van der Waals surface area contributed by atoms with Gasteiger partial charge in [0.15, 0.2) is 0 Å². The second-order valence-corrected chi connectivity index (χ2v) is 6.94. The molecule has 3 aromatic rings. The maximum Gasteiger partial charge on any atom is 0.253 e. The van der Waals surface area contributed by atoms with Gasteiger partial charge in [-0.05, 0) is 35.9 Å².